The van der Waals surface area contributed by atoms with Crippen molar-refractivity contribution in [3.05, 3.63) is 29.8 Å². The van der Waals surface area contributed by atoms with Crippen molar-refractivity contribution in [3.8, 4) is 0 Å². The molecule has 1 aromatic carbocycles. The Kier molecular flexibility index (Phi) is 4.32. The molecule has 0 aliphatic carbocycles. The van der Waals surface area contributed by atoms with Crippen LogP contribution in [-0.2, 0) is 0 Å². The fourth-order valence-electron chi connectivity index (χ4n) is 1.03. The van der Waals surface area contributed by atoms with Gasteiger partial charge < -0.3 is 10.4 Å². The highest BCUT2D eigenvalue weighted by atomic mass is 32.2. The van der Waals surface area contributed by atoms with E-state index in [1.54, 1.807) is 36.0 Å². The van der Waals surface area contributed by atoms with Gasteiger partial charge in [-0.15, -0.1) is 0 Å². The van der Waals surface area contributed by atoms with Gasteiger partial charge in [0.1, 0.15) is 0 Å². The highest BCUT2D eigenvalue weighted by molar-refractivity contribution is 7.98. The molecule has 1 aromatic rings. The number of hydrogen-bond donors (Lipinski definition) is 2. The molecule has 0 bridgehead atoms. The third kappa shape index (κ3) is 3.30. The molecule has 14 heavy (non-hydrogen) atoms. The Hall–Kier alpha value is -1.16. The van der Waals surface area contributed by atoms with Crippen LogP contribution in [0.3, 0.4) is 0 Å². The van der Waals surface area contributed by atoms with E-state index in [0.29, 0.717) is 5.56 Å². The van der Waals surface area contributed by atoms with Gasteiger partial charge in [-0.05, 0) is 30.5 Å². The number of anilines is 1. The number of benzene rings is 1. The molecule has 0 aromatic heterocycles. The van der Waals surface area contributed by atoms with E-state index < -0.39 is 5.97 Å². The van der Waals surface area contributed by atoms with Crippen molar-refractivity contribution in [2.24, 2.45) is 0 Å². The van der Waals surface area contributed by atoms with Crippen LogP contribution in [0.2, 0.25) is 0 Å². The Balaban J connectivity index is 2.51. The lowest BCUT2D eigenvalue weighted by Gasteiger charge is -2.04. The molecule has 1 rings (SSSR count). The Morgan fingerprint density at radius 1 is 1.43 bits per heavy atom. The molecule has 0 fully saturated rings. The van der Waals surface area contributed by atoms with Crippen molar-refractivity contribution in [1.29, 1.82) is 0 Å². The number of hydrogen-bond acceptors (Lipinski definition) is 3. The van der Waals surface area contributed by atoms with Crippen LogP contribution in [-0.4, -0.2) is 29.6 Å². The summed E-state index contributed by atoms with van der Waals surface area (Å²) in [5.74, 6) is 0.154. The maximum Gasteiger partial charge on any atom is 0.335 e. The quantitative estimate of drug-likeness (QED) is 0.733. The van der Waals surface area contributed by atoms with Crippen molar-refractivity contribution in [1.82, 2.24) is 0 Å². The van der Waals surface area contributed by atoms with Crippen LogP contribution in [0.1, 0.15) is 10.4 Å². The second-order valence-corrected chi connectivity index (χ2v) is 3.79. The summed E-state index contributed by atoms with van der Waals surface area (Å²) in [5.41, 5.74) is 1.28. The van der Waals surface area contributed by atoms with Gasteiger partial charge in [0.25, 0.3) is 0 Å². The van der Waals surface area contributed by atoms with Crippen LogP contribution in [0, 0.1) is 0 Å². The van der Waals surface area contributed by atoms with Crippen molar-refractivity contribution >= 4 is 23.4 Å². The van der Waals surface area contributed by atoms with Crippen LogP contribution in [0.25, 0.3) is 0 Å². The molecule has 0 aliphatic rings. The Morgan fingerprint density at radius 2 is 2.07 bits per heavy atom. The summed E-state index contributed by atoms with van der Waals surface area (Å²) in [7, 11) is 0. The lowest BCUT2D eigenvalue weighted by atomic mass is 10.2. The smallest absolute Gasteiger partial charge is 0.335 e. The summed E-state index contributed by atoms with van der Waals surface area (Å²) in [6.07, 6.45) is 2.05. The first-order valence-corrected chi connectivity index (χ1v) is 5.69. The summed E-state index contributed by atoms with van der Waals surface area (Å²) >= 11 is 1.77. The molecule has 76 valence electrons. The van der Waals surface area contributed by atoms with Crippen LogP contribution in [0.15, 0.2) is 24.3 Å². The zero-order valence-corrected chi connectivity index (χ0v) is 8.80. The van der Waals surface area contributed by atoms with E-state index in [0.717, 1.165) is 18.0 Å². The molecule has 0 saturated heterocycles. The minimum Gasteiger partial charge on any atom is -0.478 e. The average molecular weight is 211 g/mol. The van der Waals surface area contributed by atoms with E-state index in [1.165, 1.54) is 0 Å². The lowest BCUT2D eigenvalue weighted by Crippen LogP contribution is -2.04. The number of nitrogens with one attached hydrogen (secondary N) is 1. The van der Waals surface area contributed by atoms with E-state index in [9.17, 15) is 4.79 Å². The van der Waals surface area contributed by atoms with Crippen molar-refractivity contribution in [2.75, 3.05) is 23.9 Å². The summed E-state index contributed by atoms with van der Waals surface area (Å²) in [5, 5.41) is 11.9. The van der Waals surface area contributed by atoms with Gasteiger partial charge in [0.2, 0.25) is 0 Å². The van der Waals surface area contributed by atoms with E-state index in [2.05, 4.69) is 11.6 Å². The summed E-state index contributed by atoms with van der Waals surface area (Å²) in [6, 6.07) is 6.76. The molecule has 0 aliphatic heterocycles. The van der Waals surface area contributed by atoms with Gasteiger partial charge in [0.05, 0.1) is 5.56 Å². The normalized spacial score (nSPS) is 9.79. The van der Waals surface area contributed by atoms with E-state index >= 15 is 0 Å². The number of thioether (sulfide) groups is 1. The second-order valence-electron chi connectivity index (χ2n) is 2.80. The monoisotopic (exact) mass is 211 g/mol. The molecule has 2 N–H and O–H groups in total. The van der Waals surface area contributed by atoms with Gasteiger partial charge in [-0.2, -0.15) is 11.8 Å². The maximum atomic E-state index is 10.5. The summed E-state index contributed by atoms with van der Waals surface area (Å²) in [6.45, 7) is 0.896. The van der Waals surface area contributed by atoms with Gasteiger partial charge in [-0.25, -0.2) is 4.79 Å². The fraction of sp³-hybridized carbons (Fsp3) is 0.300. The first-order chi connectivity index (χ1) is 6.74. The number of aromatic carboxylic acids is 1. The molecule has 0 unspecified atom stereocenters. The SMILES string of the molecule is CSCCNc1ccc(C(=O)O)cc1. The number of carboxylic acids is 1. The maximum absolute atomic E-state index is 10.5. The van der Waals surface area contributed by atoms with Crippen LogP contribution < -0.4 is 5.32 Å². The number of carbonyl (C=O) groups is 1. The van der Waals surface area contributed by atoms with Gasteiger partial charge in [0.15, 0.2) is 0 Å². The highest BCUT2D eigenvalue weighted by Gasteiger charge is 2.00. The fourth-order valence-corrected chi connectivity index (χ4v) is 1.33. The van der Waals surface area contributed by atoms with Crippen LogP contribution in [0.5, 0.6) is 0 Å². The molecule has 0 radical (unpaired) electrons. The van der Waals surface area contributed by atoms with E-state index in [-0.39, 0.29) is 0 Å². The van der Waals surface area contributed by atoms with Gasteiger partial charge >= 0.3 is 5.97 Å². The zero-order chi connectivity index (χ0) is 10.4. The van der Waals surface area contributed by atoms with E-state index in [1.807, 2.05) is 0 Å². The van der Waals surface area contributed by atoms with Gasteiger partial charge in [0, 0.05) is 18.0 Å². The largest absolute Gasteiger partial charge is 0.478 e. The number of rotatable bonds is 5. The standard InChI is InChI=1S/C10H13NO2S/c1-14-7-6-11-9-4-2-8(3-5-9)10(12)13/h2-5,11H,6-7H2,1H3,(H,12,13). The predicted octanol–water partition coefficient (Wildman–Crippen LogP) is 2.16. The van der Waals surface area contributed by atoms with Crippen LogP contribution >= 0.6 is 11.8 Å². The highest BCUT2D eigenvalue weighted by Crippen LogP contribution is 2.09. The minimum atomic E-state index is -0.888. The molecule has 0 heterocycles. The molecular formula is C10H13NO2S. The minimum absolute atomic E-state index is 0.320. The molecule has 0 atom stereocenters. The van der Waals surface area contributed by atoms with Crippen molar-refractivity contribution in [3.63, 3.8) is 0 Å². The van der Waals surface area contributed by atoms with Gasteiger partial charge in [-0.3, -0.25) is 0 Å². The van der Waals surface area contributed by atoms with Crippen molar-refractivity contribution < 1.29 is 9.90 Å². The molecule has 4 heteroatoms. The molecule has 3 nitrogen and oxygen atoms in total. The average Bonchev–Trinajstić information content (AvgIpc) is 2.19. The second kappa shape index (κ2) is 5.54. The Morgan fingerprint density at radius 3 is 2.57 bits per heavy atom. The first-order valence-electron chi connectivity index (χ1n) is 4.30. The van der Waals surface area contributed by atoms with Crippen molar-refractivity contribution in [2.45, 2.75) is 0 Å². The summed E-state index contributed by atoms with van der Waals surface area (Å²) in [4.78, 5) is 10.5. The van der Waals surface area contributed by atoms with E-state index in [4.69, 9.17) is 5.11 Å². The molecule has 0 saturated carbocycles. The Labute approximate surface area is 87.5 Å². The topological polar surface area (TPSA) is 49.3 Å². The lowest BCUT2D eigenvalue weighted by molar-refractivity contribution is 0.0697. The van der Waals surface area contributed by atoms with Crippen LogP contribution in [0.4, 0.5) is 5.69 Å². The van der Waals surface area contributed by atoms with Gasteiger partial charge in [-0.1, -0.05) is 0 Å². The Bertz CT molecular complexity index is 297. The first kappa shape index (κ1) is 10.9. The molecular weight excluding hydrogens is 198 g/mol. The summed E-state index contributed by atoms with van der Waals surface area (Å²) < 4.78 is 0. The predicted molar refractivity (Wildman–Crippen MR) is 60.3 cm³/mol. The third-order valence-corrected chi connectivity index (χ3v) is 2.38. The third-order valence-electron chi connectivity index (χ3n) is 1.77. The molecule has 0 amide bonds. The number of carboxylic acid groups (broad SMARTS) is 1. The molecule has 0 spiro atoms. The zero-order valence-electron chi connectivity index (χ0n) is 7.99.